The first-order valence-corrected chi connectivity index (χ1v) is 42.8. The summed E-state index contributed by atoms with van der Waals surface area (Å²) in [7, 11) is 0. The Hall–Kier alpha value is -9.20. The maximum atomic E-state index is 15.5. The van der Waals surface area contributed by atoms with Crippen LogP contribution in [0.1, 0.15) is 225 Å². The van der Waals surface area contributed by atoms with E-state index < -0.39 is 225 Å². The van der Waals surface area contributed by atoms with Crippen molar-refractivity contribution in [3.63, 3.8) is 0 Å². The molecule has 38 heteroatoms. The number of hydrogen-bond acceptors (Lipinski definition) is 21. The monoisotopic (exact) mass is 1650 g/mol. The van der Waals surface area contributed by atoms with Gasteiger partial charge in [-0.25, -0.2) is 0 Å². The third kappa shape index (κ3) is 32.1. The number of thioether (sulfide) groups is 2. The summed E-state index contributed by atoms with van der Waals surface area (Å²) in [6.45, 7) is 5.30. The third-order valence-electron chi connectivity index (χ3n) is 20.8. The van der Waals surface area contributed by atoms with Crippen LogP contribution in [0.4, 0.5) is 0 Å². The van der Waals surface area contributed by atoms with E-state index in [1.54, 1.807) is 19.9 Å². The minimum Gasteiger partial charge on any atom is -0.481 e. The van der Waals surface area contributed by atoms with Gasteiger partial charge in [-0.1, -0.05) is 117 Å². The Bertz CT molecular complexity index is 3560. The van der Waals surface area contributed by atoms with E-state index in [-0.39, 0.29) is 99.4 Å². The number of aliphatic hydroxyl groups excluding tert-OH is 1. The second-order valence-corrected chi connectivity index (χ2v) is 32.9. The molecule has 0 radical (unpaired) electrons. The summed E-state index contributed by atoms with van der Waals surface area (Å²) in [5.41, 5.74) is 6.72. The molecule has 0 aromatic carbocycles. The zero-order chi connectivity index (χ0) is 84.3. The van der Waals surface area contributed by atoms with Crippen molar-refractivity contribution in [3.05, 3.63) is 29.6 Å². The van der Waals surface area contributed by atoms with Gasteiger partial charge in [0.2, 0.25) is 82.7 Å². The molecule has 36 nitrogen and oxygen atoms in total. The van der Waals surface area contributed by atoms with Crippen molar-refractivity contribution >= 4 is 124 Å². The Morgan fingerprint density at radius 2 is 0.974 bits per heavy atom. The first kappa shape index (κ1) is 94.7. The number of rotatable bonds is 31. The number of carbonyl (C=O) groups excluding carboxylic acids is 14. The van der Waals surface area contributed by atoms with E-state index in [1.165, 1.54) is 80.0 Å². The molecule has 5 aliphatic rings. The van der Waals surface area contributed by atoms with E-state index in [2.05, 4.69) is 65.1 Å². The van der Waals surface area contributed by atoms with Crippen LogP contribution in [0.15, 0.2) is 18.5 Å². The van der Waals surface area contributed by atoms with Gasteiger partial charge in [0.15, 0.2) is 0 Å². The summed E-state index contributed by atoms with van der Waals surface area (Å²) < 4.78 is 0. The molecule has 1 aromatic heterocycles. The van der Waals surface area contributed by atoms with E-state index in [4.69, 9.17) is 5.73 Å². The lowest BCUT2D eigenvalue weighted by Crippen LogP contribution is -2.61. The fraction of sp³-hybridized carbons (Fsp3) is 0.714. The number of unbranched alkanes of at least 4 members (excludes halogenated alkanes) is 14. The van der Waals surface area contributed by atoms with Gasteiger partial charge >= 0.3 is 17.9 Å². The molecule has 0 unspecified atom stereocenters. The van der Waals surface area contributed by atoms with Gasteiger partial charge in [-0.2, -0.15) is 23.5 Å². The Morgan fingerprint density at radius 3 is 1.48 bits per heavy atom. The van der Waals surface area contributed by atoms with Crippen molar-refractivity contribution in [1.82, 2.24) is 72.9 Å². The molecule has 13 atom stereocenters. The summed E-state index contributed by atoms with van der Waals surface area (Å²) >= 11 is 2.12. The maximum absolute atomic E-state index is 15.5. The number of carboxylic acid groups (broad SMARTS) is 3. The van der Waals surface area contributed by atoms with E-state index in [0.29, 0.717) is 17.5 Å². The molecule has 1 aromatic rings. The highest BCUT2D eigenvalue weighted by Crippen LogP contribution is 2.29. The van der Waals surface area contributed by atoms with Gasteiger partial charge in [-0.15, -0.1) is 0 Å². The standard InChI is InChI=1S/C77H119N15O21S2/c1-5-6-7-8-9-10-11-12-13-14-15-16-17-18-19-24-61(95)81-49-35-59-73(109)84-51(25-28-60(78)94)68(104)88-56-44-115-42-48-34-47(37-79-38-48)41-114-43-55(70(106)85-53(33-45(2)3)75(111)91-32-21-23-58(91)77(113)92(59)40-49)87-67(103)50(26-29-63(97)98)82-62(96)39-80-74(110)66(46(4)93)89-69(105)52(27-30-64(99)100)83-72(108)57-22-20-31-90(57)76(112)54(36-65(101)102)86-71(56)107/h34,37-38,45-46,49-59,66,93H,5-33,35-36,39-44H2,1-4H3,(H2,78,94)(H,80,110)(H,81,95)(H,82,96)(H,83,108)(H,84,109)(H,85,106)(H,86,107)(H,87,103)(H,88,104)(H,89,105)(H,97,98)(H,99,100)(H,101,102)/t46-,49+,50+,51+,52+,53+,54+,55+,56+,57+,58-,59+,66+/m1/s1. The molecular formula is C77H119N15O21S2. The normalized spacial score (nSPS) is 25.5. The second-order valence-electron chi connectivity index (χ2n) is 30.8. The second kappa shape index (κ2) is 49.0. The van der Waals surface area contributed by atoms with Gasteiger partial charge in [0, 0.05) is 86.8 Å². The molecule has 115 heavy (non-hydrogen) atoms. The highest BCUT2D eigenvalue weighted by molar-refractivity contribution is 7.98. The molecule has 3 saturated heterocycles. The minimum atomic E-state index is -2.00. The summed E-state index contributed by atoms with van der Waals surface area (Å²) in [5.74, 6) is -19.2. The Morgan fingerprint density at radius 1 is 0.513 bits per heavy atom. The average molecular weight is 1660 g/mol. The van der Waals surface area contributed by atoms with E-state index in [0.717, 1.165) is 67.5 Å². The van der Waals surface area contributed by atoms with Crippen LogP contribution in [0.25, 0.3) is 0 Å². The van der Waals surface area contributed by atoms with Gasteiger partial charge in [0.05, 0.1) is 19.1 Å². The number of carboxylic acids is 3. The van der Waals surface area contributed by atoms with Crippen molar-refractivity contribution < 1.29 is 102 Å². The topological polar surface area (TPSA) is 540 Å². The van der Waals surface area contributed by atoms with Crippen LogP contribution >= 0.6 is 23.5 Å². The lowest BCUT2D eigenvalue weighted by molar-refractivity contribution is -0.148. The van der Waals surface area contributed by atoms with Crippen molar-refractivity contribution in [2.45, 2.75) is 304 Å². The Balaban J connectivity index is 1.42. The molecule has 16 N–H and O–H groups in total. The fourth-order valence-electron chi connectivity index (χ4n) is 14.7. The van der Waals surface area contributed by atoms with Crippen LogP contribution in [0.3, 0.4) is 0 Å². The number of nitrogens with two attached hydrogens (primary N) is 1. The molecule has 3 fully saturated rings. The van der Waals surface area contributed by atoms with E-state index in [9.17, 15) is 73.2 Å². The van der Waals surface area contributed by atoms with Crippen molar-refractivity contribution in [1.29, 1.82) is 0 Å². The van der Waals surface area contributed by atoms with E-state index in [1.807, 2.05) is 0 Å². The van der Waals surface area contributed by atoms with Gasteiger partial charge in [0.25, 0.3) is 0 Å². The lowest BCUT2D eigenvalue weighted by atomic mass is 10.0. The molecule has 6 heterocycles. The van der Waals surface area contributed by atoms with Crippen LogP contribution in [0.5, 0.6) is 0 Å². The van der Waals surface area contributed by atoms with Crippen LogP contribution in [-0.2, 0) is 93.0 Å². The number of aromatic nitrogens is 1. The van der Waals surface area contributed by atoms with Crippen LogP contribution in [0, 0.1) is 5.92 Å². The van der Waals surface area contributed by atoms with Crippen LogP contribution < -0.4 is 58.9 Å². The Kier molecular flexibility index (Phi) is 40.3. The zero-order valence-corrected chi connectivity index (χ0v) is 68.0. The van der Waals surface area contributed by atoms with Gasteiger partial charge in [0.1, 0.15) is 66.5 Å². The van der Waals surface area contributed by atoms with E-state index >= 15 is 28.8 Å². The number of nitrogens with one attached hydrogen (secondary N) is 10. The third-order valence-corrected chi connectivity index (χ3v) is 23.0. The number of aliphatic hydroxyl groups is 1. The molecule has 0 saturated carbocycles. The summed E-state index contributed by atoms with van der Waals surface area (Å²) in [5, 5.41) is 66.0. The number of nitrogens with zero attached hydrogens (tertiary/aromatic N) is 4. The molecule has 0 spiro atoms. The van der Waals surface area contributed by atoms with Crippen molar-refractivity contribution in [2.75, 3.05) is 37.7 Å². The van der Waals surface area contributed by atoms with Crippen LogP contribution in [-0.4, -0.2) is 257 Å². The largest absolute Gasteiger partial charge is 0.481 e. The molecule has 5 aliphatic heterocycles. The SMILES string of the molecule is CCCCCCCCCCCCCCCCCC(=O)N[C@H]1C[C@H]2C(=O)N[C@@H](CCC(N)=O)C(=O)N[C@H]3CSCc4cncc(c4)CSC[C@H](NC(=O)[C@H](CCC(=O)O)NC(=O)CNC(=O)[C@H]([C@@H](C)O)NC(=O)[C@H](CCC(=O)O)NC(=O)[C@@H]4CCCN4C(=O)[C@H](CC(=O)O)NC3=O)C(=O)N[C@@H](CC(C)C)C(=O)N3CCC[C@@H]3C(=O)N2C1. The zero-order valence-electron chi connectivity index (χ0n) is 66.4. The molecular weight excluding hydrogens is 1540 g/mol. The lowest BCUT2D eigenvalue weighted by Gasteiger charge is -2.34. The van der Waals surface area contributed by atoms with Gasteiger partial charge in [-0.05, 0) is 88.2 Å². The molecule has 640 valence electrons. The number of aliphatic carboxylic acids is 3. The fourth-order valence-corrected chi connectivity index (χ4v) is 16.7. The summed E-state index contributed by atoms with van der Waals surface area (Å²) in [6, 6.07) is -17.4. The number of amides is 14. The van der Waals surface area contributed by atoms with Gasteiger partial charge < -0.3 is 94.0 Å². The smallest absolute Gasteiger partial charge is 0.305 e. The van der Waals surface area contributed by atoms with Crippen molar-refractivity contribution in [3.8, 4) is 0 Å². The average Bonchev–Trinajstić information content (AvgIpc) is 1.64. The quantitative estimate of drug-likeness (QED) is 0.0457. The predicted octanol–water partition coefficient (Wildman–Crippen LogP) is 0.796. The van der Waals surface area contributed by atoms with Crippen molar-refractivity contribution in [2.24, 2.45) is 11.7 Å². The Labute approximate surface area is 678 Å². The van der Waals surface area contributed by atoms with Gasteiger partial charge in [-0.3, -0.25) is 86.5 Å². The number of pyridine rings is 1. The number of fused-ring (bicyclic) bond motifs is 9. The molecule has 4 bridgehead atoms. The predicted molar refractivity (Wildman–Crippen MR) is 422 cm³/mol. The summed E-state index contributed by atoms with van der Waals surface area (Å²) in [4.78, 5) is 248. The maximum Gasteiger partial charge on any atom is 0.305 e. The number of carbonyl (C=O) groups is 17. The molecule has 6 rings (SSSR count). The number of primary amides is 1. The summed E-state index contributed by atoms with van der Waals surface area (Å²) in [6.07, 6.45) is 13.1. The first-order valence-electron chi connectivity index (χ1n) is 40.4. The van der Waals surface area contributed by atoms with Crippen LogP contribution in [0.2, 0.25) is 0 Å². The number of hydrogen-bond donors (Lipinski definition) is 15. The highest BCUT2D eigenvalue weighted by Gasteiger charge is 2.48. The molecule has 0 aliphatic carbocycles. The minimum absolute atomic E-state index is 0.0225. The highest BCUT2D eigenvalue weighted by atomic mass is 32.2. The molecule has 14 amide bonds. The first-order chi connectivity index (χ1) is 54.8.